The van der Waals surface area contributed by atoms with Crippen LogP contribution in [0.5, 0.6) is 0 Å². The van der Waals surface area contributed by atoms with E-state index in [1.54, 1.807) is 11.3 Å². The van der Waals surface area contributed by atoms with Gasteiger partial charge in [0.2, 0.25) is 0 Å². The minimum Gasteiger partial charge on any atom is -0.142 e. The highest BCUT2D eigenvalue weighted by Gasteiger charge is 2.15. The molecule has 0 bridgehead atoms. The van der Waals surface area contributed by atoms with E-state index in [0.29, 0.717) is 0 Å². The molecule has 0 spiro atoms. The first-order valence-electron chi connectivity index (χ1n) is 6.09. The number of halogens is 2. The lowest BCUT2D eigenvalue weighted by molar-refractivity contribution is 0.932. The second kappa shape index (κ2) is 5.66. The molecule has 0 saturated carbocycles. The van der Waals surface area contributed by atoms with Crippen LogP contribution in [0.15, 0.2) is 58.4 Å². The van der Waals surface area contributed by atoms with Crippen molar-refractivity contribution >= 4 is 49.0 Å². The fraction of sp³-hybridized carbons (Fsp3) is 0.125. The van der Waals surface area contributed by atoms with Crippen molar-refractivity contribution in [3.8, 4) is 0 Å². The Labute approximate surface area is 130 Å². The highest BCUT2D eigenvalue weighted by atomic mass is 79.9. The van der Waals surface area contributed by atoms with Crippen LogP contribution in [0.3, 0.4) is 0 Å². The van der Waals surface area contributed by atoms with Crippen molar-refractivity contribution in [2.45, 2.75) is 11.8 Å². The topological polar surface area (TPSA) is 0 Å². The van der Waals surface area contributed by atoms with Crippen LogP contribution < -0.4 is 0 Å². The first-order chi connectivity index (χ1) is 9.25. The SMILES string of the molecule is ClC(Cc1ccccc1)c1csc2c(Br)cccc12. The average molecular weight is 352 g/mol. The number of hydrogen-bond acceptors (Lipinski definition) is 1. The highest BCUT2D eigenvalue weighted by molar-refractivity contribution is 9.10. The van der Waals surface area contributed by atoms with Crippen molar-refractivity contribution < 1.29 is 0 Å². The van der Waals surface area contributed by atoms with Crippen molar-refractivity contribution in [2.24, 2.45) is 0 Å². The summed E-state index contributed by atoms with van der Waals surface area (Å²) < 4.78 is 2.42. The van der Waals surface area contributed by atoms with Gasteiger partial charge in [0.1, 0.15) is 0 Å². The average Bonchev–Trinajstić information content (AvgIpc) is 2.85. The molecule has 0 N–H and O–H groups in total. The van der Waals surface area contributed by atoms with Crippen LogP contribution in [0.1, 0.15) is 16.5 Å². The zero-order valence-corrected chi connectivity index (χ0v) is 13.3. The fourth-order valence-electron chi connectivity index (χ4n) is 2.22. The summed E-state index contributed by atoms with van der Waals surface area (Å²) in [5.41, 5.74) is 2.50. The summed E-state index contributed by atoms with van der Waals surface area (Å²) in [5, 5.41) is 3.46. The Bertz CT molecular complexity index is 690. The lowest BCUT2D eigenvalue weighted by Gasteiger charge is -2.09. The van der Waals surface area contributed by atoms with Crippen molar-refractivity contribution in [3.05, 3.63) is 69.5 Å². The predicted molar refractivity (Wildman–Crippen MR) is 88.3 cm³/mol. The molecule has 0 aliphatic heterocycles. The molecule has 0 radical (unpaired) electrons. The first-order valence-corrected chi connectivity index (χ1v) is 8.20. The van der Waals surface area contributed by atoms with Crippen LogP contribution >= 0.6 is 38.9 Å². The molecule has 1 heterocycles. The van der Waals surface area contributed by atoms with Gasteiger partial charge in [-0.3, -0.25) is 0 Å². The van der Waals surface area contributed by atoms with Gasteiger partial charge in [-0.1, -0.05) is 42.5 Å². The Morgan fingerprint density at radius 1 is 1.05 bits per heavy atom. The van der Waals surface area contributed by atoms with Crippen molar-refractivity contribution in [3.63, 3.8) is 0 Å². The molecule has 0 saturated heterocycles. The van der Waals surface area contributed by atoms with Gasteiger partial charge in [-0.05, 0) is 50.3 Å². The van der Waals surface area contributed by atoms with E-state index in [-0.39, 0.29) is 5.38 Å². The van der Waals surface area contributed by atoms with Gasteiger partial charge in [0.05, 0.1) is 5.38 Å². The summed E-state index contributed by atoms with van der Waals surface area (Å²) in [5.74, 6) is 0. The largest absolute Gasteiger partial charge is 0.142 e. The maximum Gasteiger partial charge on any atom is 0.0639 e. The van der Waals surface area contributed by atoms with Crippen molar-refractivity contribution in [2.75, 3.05) is 0 Å². The minimum absolute atomic E-state index is 0.0189. The van der Waals surface area contributed by atoms with Crippen molar-refractivity contribution in [1.82, 2.24) is 0 Å². The van der Waals surface area contributed by atoms with Gasteiger partial charge in [0.25, 0.3) is 0 Å². The molecule has 0 aliphatic carbocycles. The Morgan fingerprint density at radius 2 is 1.84 bits per heavy atom. The van der Waals surface area contributed by atoms with E-state index in [9.17, 15) is 0 Å². The number of thiophene rings is 1. The van der Waals surface area contributed by atoms with E-state index < -0.39 is 0 Å². The molecule has 19 heavy (non-hydrogen) atoms. The van der Waals surface area contributed by atoms with E-state index in [1.807, 2.05) is 6.07 Å². The van der Waals surface area contributed by atoms with Crippen LogP contribution in [0.2, 0.25) is 0 Å². The van der Waals surface area contributed by atoms with E-state index in [4.69, 9.17) is 11.6 Å². The van der Waals surface area contributed by atoms with Gasteiger partial charge < -0.3 is 0 Å². The Hall–Kier alpha value is -0.830. The third-order valence-corrected chi connectivity index (χ3v) is 5.54. The molecule has 0 amide bonds. The second-order valence-electron chi connectivity index (χ2n) is 4.46. The summed E-state index contributed by atoms with van der Waals surface area (Å²) in [7, 11) is 0. The van der Waals surface area contributed by atoms with Gasteiger partial charge in [0, 0.05) is 9.17 Å². The number of alkyl halides is 1. The maximum atomic E-state index is 6.60. The number of benzene rings is 2. The third-order valence-electron chi connectivity index (χ3n) is 3.18. The summed E-state index contributed by atoms with van der Waals surface area (Å²) in [6.07, 6.45) is 0.862. The molecule has 0 aliphatic rings. The molecule has 3 rings (SSSR count). The van der Waals surface area contributed by atoms with Crippen LogP contribution in [0.4, 0.5) is 0 Å². The minimum atomic E-state index is 0.0189. The molecule has 0 fully saturated rings. The zero-order valence-electron chi connectivity index (χ0n) is 10.1. The Morgan fingerprint density at radius 3 is 2.63 bits per heavy atom. The summed E-state index contributed by atoms with van der Waals surface area (Å²) >= 11 is 11.9. The predicted octanol–water partition coefficient (Wildman–Crippen LogP) is 6.19. The monoisotopic (exact) mass is 350 g/mol. The van der Waals surface area contributed by atoms with Crippen LogP contribution in [-0.4, -0.2) is 0 Å². The Kier molecular flexibility index (Phi) is 3.92. The summed E-state index contributed by atoms with van der Waals surface area (Å²) in [6.45, 7) is 0. The molecular formula is C16H12BrClS. The lowest BCUT2D eigenvalue weighted by atomic mass is 10.0. The van der Waals surface area contributed by atoms with E-state index in [2.05, 4.69) is 63.8 Å². The summed E-state index contributed by atoms with van der Waals surface area (Å²) in [6, 6.07) is 16.7. The smallest absolute Gasteiger partial charge is 0.0639 e. The molecule has 2 aromatic carbocycles. The highest BCUT2D eigenvalue weighted by Crippen LogP contribution is 2.38. The maximum absolute atomic E-state index is 6.60. The molecule has 3 heteroatoms. The van der Waals surface area contributed by atoms with Crippen LogP contribution in [0.25, 0.3) is 10.1 Å². The van der Waals surface area contributed by atoms with Gasteiger partial charge in [-0.2, -0.15) is 0 Å². The van der Waals surface area contributed by atoms with Crippen LogP contribution in [0, 0.1) is 0 Å². The molecule has 1 aromatic heterocycles. The van der Waals surface area contributed by atoms with Gasteiger partial charge in [-0.15, -0.1) is 22.9 Å². The normalized spacial score (nSPS) is 12.7. The second-order valence-corrected chi connectivity index (χ2v) is 6.73. The van der Waals surface area contributed by atoms with E-state index in [1.165, 1.54) is 21.2 Å². The van der Waals surface area contributed by atoms with Crippen molar-refractivity contribution in [1.29, 1.82) is 0 Å². The molecule has 96 valence electrons. The van der Waals surface area contributed by atoms with E-state index >= 15 is 0 Å². The standard InChI is InChI=1S/C16H12BrClS/c17-14-8-4-7-12-13(10-19-16(12)14)15(18)9-11-5-2-1-3-6-11/h1-8,10,15H,9H2. The number of rotatable bonds is 3. The zero-order chi connectivity index (χ0) is 13.2. The molecule has 1 unspecified atom stereocenters. The van der Waals surface area contributed by atoms with E-state index in [0.717, 1.165) is 10.9 Å². The number of hydrogen-bond donors (Lipinski definition) is 0. The van der Waals surface area contributed by atoms with Gasteiger partial charge >= 0.3 is 0 Å². The third kappa shape index (κ3) is 2.71. The van der Waals surface area contributed by atoms with Gasteiger partial charge in [-0.25, -0.2) is 0 Å². The van der Waals surface area contributed by atoms with Crippen LogP contribution in [-0.2, 0) is 6.42 Å². The molecule has 0 nitrogen and oxygen atoms in total. The number of fused-ring (bicyclic) bond motifs is 1. The first kappa shape index (κ1) is 13.2. The quantitative estimate of drug-likeness (QED) is 0.494. The summed E-state index contributed by atoms with van der Waals surface area (Å²) in [4.78, 5) is 0. The molecule has 1 atom stereocenters. The Balaban J connectivity index is 1.94. The fourth-order valence-corrected chi connectivity index (χ4v) is 4.32. The van der Waals surface area contributed by atoms with Gasteiger partial charge in [0.15, 0.2) is 0 Å². The molecular weight excluding hydrogens is 340 g/mol. The lowest BCUT2D eigenvalue weighted by Crippen LogP contribution is -1.94. The molecule has 3 aromatic rings.